The van der Waals surface area contributed by atoms with Crippen LogP contribution in [0.1, 0.15) is 31.8 Å². The van der Waals surface area contributed by atoms with Crippen molar-refractivity contribution in [2.75, 3.05) is 17.5 Å². The number of sulfonamides is 1. The van der Waals surface area contributed by atoms with Crippen molar-refractivity contribution in [3.8, 4) is 0 Å². The molecule has 0 spiro atoms. The second-order valence-corrected chi connectivity index (χ2v) is 9.42. The number of alkyl halides is 3. The van der Waals surface area contributed by atoms with E-state index in [4.69, 9.17) is 4.74 Å². The average molecular weight is 489 g/mol. The van der Waals surface area contributed by atoms with Gasteiger partial charge in [-0.3, -0.25) is 9.10 Å². The zero-order valence-corrected chi connectivity index (χ0v) is 18.4. The van der Waals surface area contributed by atoms with E-state index in [1.165, 1.54) is 28.6 Å². The minimum Gasteiger partial charge on any atom is -0.454 e. The van der Waals surface area contributed by atoms with Gasteiger partial charge >= 0.3 is 12.1 Å². The Morgan fingerprint density at radius 1 is 0.912 bits per heavy atom. The van der Waals surface area contributed by atoms with E-state index >= 15 is 0 Å². The number of benzene rings is 3. The molecule has 0 aliphatic carbocycles. The van der Waals surface area contributed by atoms with Crippen LogP contribution in [-0.2, 0) is 27.4 Å². The molecule has 176 valence electrons. The van der Waals surface area contributed by atoms with Gasteiger partial charge in [0.1, 0.15) is 0 Å². The summed E-state index contributed by atoms with van der Waals surface area (Å²) in [5.74, 6) is -1.80. The maximum Gasteiger partial charge on any atom is 0.416 e. The Kier molecular flexibility index (Phi) is 6.18. The first kappa shape index (κ1) is 23.5. The van der Waals surface area contributed by atoms with Gasteiger partial charge in [-0.25, -0.2) is 13.2 Å². The third-order valence-corrected chi connectivity index (χ3v) is 7.16. The quantitative estimate of drug-likeness (QED) is 0.376. The Hall–Kier alpha value is -3.66. The Balaban J connectivity index is 1.48. The first-order valence-electron chi connectivity index (χ1n) is 10.2. The highest BCUT2D eigenvalue weighted by Crippen LogP contribution is 2.33. The summed E-state index contributed by atoms with van der Waals surface area (Å²) in [6.07, 6.45) is -4.05. The van der Waals surface area contributed by atoms with E-state index in [9.17, 15) is 31.2 Å². The molecule has 3 aromatic carbocycles. The van der Waals surface area contributed by atoms with Gasteiger partial charge in [-0.15, -0.1) is 0 Å². The Bertz CT molecular complexity index is 1370. The van der Waals surface area contributed by atoms with Crippen molar-refractivity contribution in [3.05, 3.63) is 95.1 Å². The van der Waals surface area contributed by atoms with Gasteiger partial charge in [-0.05, 0) is 48.4 Å². The fourth-order valence-electron chi connectivity index (χ4n) is 3.64. The van der Waals surface area contributed by atoms with E-state index < -0.39 is 40.1 Å². The van der Waals surface area contributed by atoms with E-state index in [1.807, 2.05) is 12.1 Å². The number of carbonyl (C=O) groups excluding carboxylic acids is 2. The molecule has 0 amide bonds. The number of rotatable bonds is 6. The molecule has 4 rings (SSSR count). The molecule has 10 heteroatoms. The van der Waals surface area contributed by atoms with Gasteiger partial charge in [-0.1, -0.05) is 36.4 Å². The smallest absolute Gasteiger partial charge is 0.416 e. The number of Topliss-reactive ketones (excluding diaryl/α,β-unsaturated/α-hetero) is 1. The molecule has 0 saturated heterocycles. The van der Waals surface area contributed by atoms with E-state index in [2.05, 4.69) is 0 Å². The first-order valence-corrected chi connectivity index (χ1v) is 11.6. The van der Waals surface area contributed by atoms with Crippen molar-refractivity contribution >= 4 is 27.5 Å². The van der Waals surface area contributed by atoms with Crippen molar-refractivity contribution in [2.24, 2.45) is 0 Å². The molecule has 0 radical (unpaired) electrons. The summed E-state index contributed by atoms with van der Waals surface area (Å²) in [7, 11) is -3.95. The number of para-hydroxylation sites is 1. The number of esters is 1. The SMILES string of the molecule is O=C(COC(=O)c1cccc(S(=O)(=O)N2CCc3ccccc32)c1)c1cccc(C(F)(F)F)c1. The van der Waals surface area contributed by atoms with E-state index in [0.717, 1.165) is 23.8 Å². The summed E-state index contributed by atoms with van der Waals surface area (Å²) >= 11 is 0. The van der Waals surface area contributed by atoms with Gasteiger partial charge in [-0.2, -0.15) is 13.2 Å². The van der Waals surface area contributed by atoms with Crippen molar-refractivity contribution in [3.63, 3.8) is 0 Å². The van der Waals surface area contributed by atoms with E-state index in [0.29, 0.717) is 18.2 Å². The summed E-state index contributed by atoms with van der Waals surface area (Å²) in [4.78, 5) is 24.5. The molecule has 0 unspecified atom stereocenters. The van der Waals surface area contributed by atoms with E-state index in [1.54, 1.807) is 12.1 Å². The van der Waals surface area contributed by atoms with Gasteiger partial charge in [0.05, 0.1) is 21.7 Å². The summed E-state index contributed by atoms with van der Waals surface area (Å²) in [6.45, 7) is -0.529. The van der Waals surface area contributed by atoms with Gasteiger partial charge in [0.25, 0.3) is 10.0 Å². The topological polar surface area (TPSA) is 80.8 Å². The molecule has 1 aliphatic rings. The average Bonchev–Trinajstić information content (AvgIpc) is 3.27. The maximum atomic E-state index is 13.2. The van der Waals surface area contributed by atoms with Crippen LogP contribution in [0.5, 0.6) is 0 Å². The second kappa shape index (κ2) is 8.94. The zero-order valence-electron chi connectivity index (χ0n) is 17.6. The van der Waals surface area contributed by atoms with E-state index in [-0.39, 0.29) is 22.6 Å². The predicted octanol–water partition coefficient (Wildman–Crippen LogP) is 4.50. The molecular formula is C24H18F3NO5S. The molecule has 0 bridgehead atoms. The third kappa shape index (κ3) is 4.67. The van der Waals surface area contributed by atoms with Crippen LogP contribution in [0.4, 0.5) is 18.9 Å². The highest BCUT2D eigenvalue weighted by molar-refractivity contribution is 7.92. The zero-order chi connectivity index (χ0) is 24.5. The molecule has 34 heavy (non-hydrogen) atoms. The highest BCUT2D eigenvalue weighted by Gasteiger charge is 2.32. The molecule has 0 fully saturated rings. The maximum absolute atomic E-state index is 13.2. The number of ether oxygens (including phenoxy) is 1. The third-order valence-electron chi connectivity index (χ3n) is 5.35. The fraction of sp³-hybridized carbons (Fsp3) is 0.167. The Labute approximate surface area is 193 Å². The Morgan fingerprint density at radius 3 is 2.38 bits per heavy atom. The van der Waals surface area contributed by atoms with Crippen LogP contribution < -0.4 is 4.31 Å². The molecule has 1 heterocycles. The number of hydrogen-bond donors (Lipinski definition) is 0. The second-order valence-electron chi connectivity index (χ2n) is 7.56. The van der Waals surface area contributed by atoms with Crippen molar-refractivity contribution in [1.82, 2.24) is 0 Å². The predicted molar refractivity (Wildman–Crippen MR) is 117 cm³/mol. The number of ketones is 1. The largest absolute Gasteiger partial charge is 0.454 e. The number of carbonyl (C=O) groups is 2. The highest BCUT2D eigenvalue weighted by atomic mass is 32.2. The molecule has 0 atom stereocenters. The first-order chi connectivity index (χ1) is 16.1. The molecule has 0 saturated carbocycles. The molecule has 1 aliphatic heterocycles. The van der Waals surface area contributed by atoms with Crippen LogP contribution in [0.2, 0.25) is 0 Å². The van der Waals surface area contributed by atoms with Crippen LogP contribution in [0, 0.1) is 0 Å². The fourth-order valence-corrected chi connectivity index (χ4v) is 5.18. The normalized spacial score (nSPS) is 13.4. The van der Waals surface area contributed by atoms with Gasteiger partial charge in [0.15, 0.2) is 12.4 Å². The molecule has 0 N–H and O–H groups in total. The summed E-state index contributed by atoms with van der Waals surface area (Å²) in [5, 5.41) is 0. The lowest BCUT2D eigenvalue weighted by Gasteiger charge is -2.19. The lowest BCUT2D eigenvalue weighted by Crippen LogP contribution is -2.29. The summed E-state index contributed by atoms with van der Waals surface area (Å²) in [6, 6.07) is 16.1. The number of nitrogens with zero attached hydrogens (tertiary/aromatic N) is 1. The van der Waals surface area contributed by atoms with Crippen LogP contribution in [-0.4, -0.2) is 33.3 Å². The van der Waals surface area contributed by atoms with Crippen molar-refractivity contribution in [2.45, 2.75) is 17.5 Å². The van der Waals surface area contributed by atoms with Crippen molar-refractivity contribution < 1.29 is 35.9 Å². The lowest BCUT2D eigenvalue weighted by atomic mass is 10.1. The number of fused-ring (bicyclic) bond motifs is 1. The summed E-state index contributed by atoms with van der Waals surface area (Å²) < 4.78 is 71.1. The standard InChI is InChI=1S/C24H18F3NO5S/c25-24(26,27)19-8-3-6-17(13-19)22(29)15-33-23(30)18-7-4-9-20(14-18)34(31,32)28-12-11-16-5-1-2-10-21(16)28/h1-10,13-14H,11-12,15H2. The monoisotopic (exact) mass is 489 g/mol. The van der Waals surface area contributed by atoms with Gasteiger partial charge < -0.3 is 4.74 Å². The number of halogens is 3. The van der Waals surface area contributed by atoms with Crippen molar-refractivity contribution in [1.29, 1.82) is 0 Å². The lowest BCUT2D eigenvalue weighted by molar-refractivity contribution is -0.137. The minimum absolute atomic E-state index is 0.106. The minimum atomic E-state index is -4.62. The van der Waals surface area contributed by atoms with Crippen LogP contribution in [0.25, 0.3) is 0 Å². The molecule has 0 aromatic heterocycles. The Morgan fingerprint density at radius 2 is 1.62 bits per heavy atom. The van der Waals surface area contributed by atoms with Crippen LogP contribution >= 0.6 is 0 Å². The number of anilines is 1. The van der Waals surface area contributed by atoms with Gasteiger partial charge in [0, 0.05) is 12.1 Å². The summed E-state index contributed by atoms with van der Waals surface area (Å²) in [5.41, 5.74) is 0.111. The molecule has 3 aromatic rings. The van der Waals surface area contributed by atoms with Crippen LogP contribution in [0.15, 0.2) is 77.7 Å². The van der Waals surface area contributed by atoms with Crippen LogP contribution in [0.3, 0.4) is 0 Å². The van der Waals surface area contributed by atoms with Gasteiger partial charge in [0.2, 0.25) is 0 Å². The number of hydrogen-bond acceptors (Lipinski definition) is 5. The molecular weight excluding hydrogens is 471 g/mol. The molecule has 6 nitrogen and oxygen atoms in total.